The number of hydrogen-bond donors (Lipinski definition) is 0. The van der Waals surface area contributed by atoms with Crippen molar-refractivity contribution in [1.82, 2.24) is 9.88 Å². The van der Waals surface area contributed by atoms with Gasteiger partial charge in [-0.25, -0.2) is 9.69 Å². The minimum Gasteiger partial charge on any atom is -0.308 e. The molecule has 1 fully saturated rings. The summed E-state index contributed by atoms with van der Waals surface area (Å²) in [4.78, 5) is 32.4. The SMILES string of the molecule is CC(C)Cc1cc(CN2C(=O)N(c3ccc(SC(F)(F)F)cc3)C(=O)C2C)ccn1. The summed E-state index contributed by atoms with van der Waals surface area (Å²) in [7, 11) is 0. The number of hydrogen-bond acceptors (Lipinski definition) is 4. The first-order valence-corrected chi connectivity index (χ1v) is 10.3. The van der Waals surface area contributed by atoms with Gasteiger partial charge in [0.2, 0.25) is 0 Å². The lowest BCUT2D eigenvalue weighted by Gasteiger charge is -2.20. The average Bonchev–Trinajstić information content (AvgIpc) is 2.85. The van der Waals surface area contributed by atoms with E-state index in [4.69, 9.17) is 0 Å². The molecule has 9 heteroatoms. The molecule has 3 rings (SSSR count). The Hall–Kier alpha value is -2.55. The van der Waals surface area contributed by atoms with Crippen LogP contribution >= 0.6 is 11.8 Å². The number of alkyl halides is 3. The van der Waals surface area contributed by atoms with Crippen LogP contribution in [0.25, 0.3) is 0 Å². The highest BCUT2D eigenvalue weighted by Crippen LogP contribution is 2.38. The van der Waals surface area contributed by atoms with Crippen molar-refractivity contribution in [3.63, 3.8) is 0 Å². The zero-order valence-electron chi connectivity index (χ0n) is 16.8. The second kappa shape index (κ2) is 8.67. The third kappa shape index (κ3) is 5.13. The summed E-state index contributed by atoms with van der Waals surface area (Å²) < 4.78 is 37.5. The fourth-order valence-electron chi connectivity index (χ4n) is 3.30. The molecule has 1 aromatic carbocycles. The summed E-state index contributed by atoms with van der Waals surface area (Å²) in [6, 6.07) is 7.77. The van der Waals surface area contributed by atoms with Crippen molar-refractivity contribution in [2.24, 2.45) is 5.92 Å². The van der Waals surface area contributed by atoms with E-state index in [1.807, 2.05) is 6.07 Å². The van der Waals surface area contributed by atoms with Crippen LogP contribution in [-0.4, -0.2) is 33.4 Å². The molecule has 1 aliphatic rings. The highest BCUT2D eigenvalue weighted by Gasteiger charge is 2.43. The molecule has 0 N–H and O–H groups in total. The molecular weight excluding hydrogens is 415 g/mol. The Morgan fingerprint density at radius 3 is 2.40 bits per heavy atom. The number of imide groups is 1. The predicted molar refractivity (Wildman–Crippen MR) is 109 cm³/mol. The molecule has 2 heterocycles. The number of carbonyl (C=O) groups is 2. The van der Waals surface area contributed by atoms with E-state index in [0.717, 1.165) is 22.6 Å². The Balaban J connectivity index is 1.77. The van der Waals surface area contributed by atoms with E-state index in [-0.39, 0.29) is 28.9 Å². The summed E-state index contributed by atoms with van der Waals surface area (Å²) in [5, 5.41) is 0. The molecule has 1 aliphatic heterocycles. The Labute approximate surface area is 177 Å². The first-order chi connectivity index (χ1) is 14.0. The Morgan fingerprint density at radius 2 is 1.80 bits per heavy atom. The zero-order valence-corrected chi connectivity index (χ0v) is 17.6. The second-order valence-electron chi connectivity index (χ2n) is 7.56. The molecular formula is C21H22F3N3O2S. The first-order valence-electron chi connectivity index (χ1n) is 9.49. The van der Waals surface area contributed by atoms with Gasteiger partial charge in [0.1, 0.15) is 6.04 Å². The van der Waals surface area contributed by atoms with E-state index < -0.39 is 23.5 Å². The van der Waals surface area contributed by atoms with Gasteiger partial charge in [-0.1, -0.05) is 13.8 Å². The van der Waals surface area contributed by atoms with Crippen LogP contribution in [0.4, 0.5) is 23.7 Å². The number of rotatable bonds is 6. The molecule has 2 aromatic rings. The van der Waals surface area contributed by atoms with Gasteiger partial charge in [0, 0.05) is 23.3 Å². The van der Waals surface area contributed by atoms with Crippen molar-refractivity contribution in [3.8, 4) is 0 Å². The standard InChI is InChI=1S/C21H22F3N3O2S/c1-13(2)10-16-11-15(8-9-25-16)12-26-14(3)19(28)27(20(26)29)17-4-6-18(7-5-17)30-21(22,23)24/h4-9,11,13-14H,10,12H2,1-3H3. The third-order valence-electron chi connectivity index (χ3n) is 4.66. The van der Waals surface area contributed by atoms with Crippen LogP contribution in [0.3, 0.4) is 0 Å². The molecule has 5 nitrogen and oxygen atoms in total. The first kappa shape index (κ1) is 22.1. The lowest BCUT2D eigenvalue weighted by atomic mass is 10.1. The normalized spacial score (nSPS) is 17.4. The minimum atomic E-state index is -4.40. The maximum atomic E-state index is 12.9. The largest absolute Gasteiger partial charge is 0.446 e. The molecule has 0 bridgehead atoms. The lowest BCUT2D eigenvalue weighted by molar-refractivity contribution is -0.119. The molecule has 1 aromatic heterocycles. The molecule has 160 valence electrons. The molecule has 0 radical (unpaired) electrons. The molecule has 1 unspecified atom stereocenters. The number of amides is 3. The Morgan fingerprint density at radius 1 is 1.13 bits per heavy atom. The highest BCUT2D eigenvalue weighted by atomic mass is 32.2. The van der Waals surface area contributed by atoms with E-state index in [0.29, 0.717) is 5.92 Å². The van der Waals surface area contributed by atoms with Gasteiger partial charge in [-0.05, 0) is 73.0 Å². The van der Waals surface area contributed by atoms with Gasteiger partial charge in [0.25, 0.3) is 5.91 Å². The van der Waals surface area contributed by atoms with Crippen molar-refractivity contribution >= 4 is 29.4 Å². The molecule has 0 saturated carbocycles. The number of benzene rings is 1. The van der Waals surface area contributed by atoms with Gasteiger partial charge in [-0.2, -0.15) is 13.2 Å². The van der Waals surface area contributed by atoms with Gasteiger partial charge in [0.15, 0.2) is 0 Å². The number of halogens is 3. The highest BCUT2D eigenvalue weighted by molar-refractivity contribution is 8.00. The summed E-state index contributed by atoms with van der Waals surface area (Å²) >= 11 is -0.243. The predicted octanol–water partition coefficient (Wildman–Crippen LogP) is 5.25. The van der Waals surface area contributed by atoms with Crippen molar-refractivity contribution in [2.75, 3.05) is 4.90 Å². The molecule has 30 heavy (non-hydrogen) atoms. The van der Waals surface area contributed by atoms with E-state index in [1.54, 1.807) is 19.2 Å². The van der Waals surface area contributed by atoms with Crippen LogP contribution < -0.4 is 4.90 Å². The lowest BCUT2D eigenvalue weighted by Crippen LogP contribution is -2.33. The molecule has 0 aliphatic carbocycles. The van der Waals surface area contributed by atoms with Gasteiger partial charge in [0.05, 0.1) is 5.69 Å². The summed E-state index contributed by atoms with van der Waals surface area (Å²) in [6.07, 6.45) is 2.50. The van der Waals surface area contributed by atoms with Crippen LogP contribution in [0, 0.1) is 5.92 Å². The van der Waals surface area contributed by atoms with Gasteiger partial charge >= 0.3 is 11.5 Å². The monoisotopic (exact) mass is 437 g/mol. The fraction of sp³-hybridized carbons (Fsp3) is 0.381. The maximum absolute atomic E-state index is 12.9. The Bertz CT molecular complexity index is 932. The van der Waals surface area contributed by atoms with Gasteiger partial charge < -0.3 is 4.90 Å². The van der Waals surface area contributed by atoms with Crippen molar-refractivity contribution < 1.29 is 22.8 Å². The number of pyridine rings is 1. The van der Waals surface area contributed by atoms with Crippen LogP contribution in [-0.2, 0) is 17.8 Å². The van der Waals surface area contributed by atoms with Crippen molar-refractivity contribution in [1.29, 1.82) is 0 Å². The Kier molecular flexibility index (Phi) is 6.40. The van der Waals surface area contributed by atoms with E-state index in [9.17, 15) is 22.8 Å². The number of thioether (sulfide) groups is 1. The number of urea groups is 1. The summed E-state index contributed by atoms with van der Waals surface area (Å²) in [5.41, 5.74) is -2.36. The topological polar surface area (TPSA) is 53.5 Å². The fourth-order valence-corrected chi connectivity index (χ4v) is 3.84. The van der Waals surface area contributed by atoms with Crippen LogP contribution in [0.1, 0.15) is 32.0 Å². The third-order valence-corrected chi connectivity index (χ3v) is 5.40. The van der Waals surface area contributed by atoms with Crippen LogP contribution in [0.5, 0.6) is 0 Å². The van der Waals surface area contributed by atoms with Gasteiger partial charge in [-0.3, -0.25) is 9.78 Å². The minimum absolute atomic E-state index is 0.00952. The van der Waals surface area contributed by atoms with Crippen LogP contribution in [0.15, 0.2) is 47.5 Å². The molecule has 1 atom stereocenters. The summed E-state index contributed by atoms with van der Waals surface area (Å²) in [6.45, 7) is 6.08. The molecule has 0 spiro atoms. The molecule has 1 saturated heterocycles. The number of anilines is 1. The van der Waals surface area contributed by atoms with E-state index in [2.05, 4.69) is 18.8 Å². The van der Waals surface area contributed by atoms with Crippen molar-refractivity contribution in [2.45, 2.75) is 50.2 Å². The number of aromatic nitrogens is 1. The van der Waals surface area contributed by atoms with Crippen LogP contribution in [0.2, 0.25) is 0 Å². The number of nitrogens with zero attached hydrogens (tertiary/aromatic N) is 3. The second-order valence-corrected chi connectivity index (χ2v) is 8.69. The van der Waals surface area contributed by atoms with Crippen molar-refractivity contribution in [3.05, 3.63) is 53.9 Å². The van der Waals surface area contributed by atoms with E-state index in [1.165, 1.54) is 29.2 Å². The number of carbonyl (C=O) groups excluding carboxylic acids is 2. The van der Waals surface area contributed by atoms with Gasteiger partial charge in [-0.15, -0.1) is 0 Å². The zero-order chi connectivity index (χ0) is 22.1. The quantitative estimate of drug-likeness (QED) is 0.458. The maximum Gasteiger partial charge on any atom is 0.446 e. The smallest absolute Gasteiger partial charge is 0.308 e. The average molecular weight is 437 g/mol. The summed E-state index contributed by atoms with van der Waals surface area (Å²) in [5.74, 6) is 0.0309. The van der Waals surface area contributed by atoms with E-state index >= 15 is 0 Å². The molecule has 3 amide bonds.